The molecule has 0 aliphatic carbocycles. The van der Waals surface area contributed by atoms with E-state index in [1.165, 1.54) is 30.6 Å². The fourth-order valence-electron chi connectivity index (χ4n) is 2.16. The Balaban J connectivity index is 2.19. The highest BCUT2D eigenvalue weighted by Crippen LogP contribution is 2.26. The number of carbonyl (C=O) groups is 1. The Bertz CT molecular complexity index is 849. The largest absolute Gasteiger partial charge is 0.361 e. The molecule has 0 saturated heterocycles. The third-order valence-corrected chi connectivity index (χ3v) is 5.95. The van der Waals surface area contributed by atoms with E-state index in [0.29, 0.717) is 17.0 Å². The number of halogens is 1. The van der Waals surface area contributed by atoms with Crippen molar-refractivity contribution < 1.29 is 27.3 Å². The quantitative estimate of drug-likeness (QED) is 0.602. The summed E-state index contributed by atoms with van der Waals surface area (Å²) in [4.78, 5) is 11.7. The molecule has 2 N–H and O–H groups in total. The summed E-state index contributed by atoms with van der Waals surface area (Å²) in [5.41, 5.74) is 2.30. The Labute approximate surface area is 138 Å². The number of hydroxylamine groups is 1. The molecular formula is C15H17FN2O5S. The Morgan fingerprint density at radius 3 is 2.71 bits per heavy atom. The molecule has 1 aromatic carbocycles. The van der Waals surface area contributed by atoms with Crippen LogP contribution in [-0.2, 0) is 21.1 Å². The first-order valence-electron chi connectivity index (χ1n) is 7.03. The lowest BCUT2D eigenvalue weighted by Crippen LogP contribution is -2.49. The Morgan fingerprint density at radius 2 is 2.12 bits per heavy atom. The number of hydrogen-bond donors (Lipinski definition) is 2. The monoisotopic (exact) mass is 356 g/mol. The summed E-state index contributed by atoms with van der Waals surface area (Å²) >= 11 is 0. The minimum absolute atomic E-state index is 0.0965. The summed E-state index contributed by atoms with van der Waals surface area (Å²) in [5.74, 6) is -1.09. The normalized spacial score (nSPS) is 14.2. The molecule has 1 amide bonds. The first-order valence-corrected chi connectivity index (χ1v) is 8.92. The number of carbonyl (C=O) groups excluding carboxylic acids is 1. The number of benzene rings is 1. The highest BCUT2D eigenvalue weighted by atomic mass is 32.2. The fraction of sp³-hybridized carbons (Fsp3) is 0.333. The molecule has 0 fully saturated rings. The topological polar surface area (TPSA) is 110 Å². The van der Waals surface area contributed by atoms with Gasteiger partial charge in [-0.2, -0.15) is 0 Å². The van der Waals surface area contributed by atoms with E-state index < -0.39 is 26.3 Å². The van der Waals surface area contributed by atoms with Crippen LogP contribution in [0.3, 0.4) is 0 Å². The average molecular weight is 356 g/mol. The lowest BCUT2D eigenvalue weighted by Gasteiger charge is -2.24. The predicted molar refractivity (Wildman–Crippen MR) is 83.4 cm³/mol. The second-order valence-electron chi connectivity index (χ2n) is 5.63. The average Bonchev–Trinajstić information content (AvgIpc) is 2.99. The van der Waals surface area contributed by atoms with Crippen molar-refractivity contribution in [1.29, 1.82) is 0 Å². The molecule has 9 heteroatoms. The van der Waals surface area contributed by atoms with Gasteiger partial charge in [0.1, 0.15) is 22.0 Å². The minimum atomic E-state index is -3.78. The Morgan fingerprint density at radius 1 is 1.42 bits per heavy atom. The summed E-state index contributed by atoms with van der Waals surface area (Å²) in [6.07, 6.45) is 0.899. The van der Waals surface area contributed by atoms with Gasteiger partial charge in [0.05, 0.1) is 0 Å². The van der Waals surface area contributed by atoms with Crippen LogP contribution >= 0.6 is 0 Å². The highest BCUT2D eigenvalue weighted by molar-refractivity contribution is 7.92. The van der Waals surface area contributed by atoms with Crippen LogP contribution in [-0.4, -0.2) is 35.7 Å². The maximum Gasteiger partial charge on any atom is 0.264 e. The van der Waals surface area contributed by atoms with Crippen LogP contribution in [0.5, 0.6) is 0 Å². The minimum Gasteiger partial charge on any atom is -0.361 e. The number of aromatic nitrogens is 1. The van der Waals surface area contributed by atoms with Gasteiger partial charge in [-0.05, 0) is 25.5 Å². The molecule has 1 heterocycles. The summed E-state index contributed by atoms with van der Waals surface area (Å²) < 4.78 is 40.3. The zero-order valence-electron chi connectivity index (χ0n) is 13.1. The molecule has 1 atom stereocenters. The second kappa shape index (κ2) is 6.70. The molecule has 0 radical (unpaired) electrons. The Kier molecular flexibility index (Phi) is 5.05. The third-order valence-electron chi connectivity index (χ3n) is 3.93. The maximum absolute atomic E-state index is 13.2. The Hall–Kier alpha value is -2.26. The molecule has 0 spiro atoms. The van der Waals surface area contributed by atoms with E-state index in [1.54, 1.807) is 12.1 Å². The van der Waals surface area contributed by atoms with E-state index in [2.05, 4.69) is 5.16 Å². The van der Waals surface area contributed by atoms with Gasteiger partial charge in [0.25, 0.3) is 5.91 Å². The molecular weight excluding hydrogens is 339 g/mol. The summed E-state index contributed by atoms with van der Waals surface area (Å²) in [5, 5.41) is 12.6. The number of sulfone groups is 1. The predicted octanol–water partition coefficient (Wildman–Crippen LogP) is 1.72. The summed E-state index contributed by atoms with van der Waals surface area (Å²) in [6.45, 7) is 1.22. The molecule has 1 aromatic heterocycles. The fourth-order valence-corrected chi connectivity index (χ4v) is 3.02. The van der Waals surface area contributed by atoms with Crippen molar-refractivity contribution in [2.75, 3.05) is 6.26 Å². The molecule has 7 nitrogen and oxygen atoms in total. The number of nitrogens with zero attached hydrogens (tertiary/aromatic N) is 1. The van der Waals surface area contributed by atoms with E-state index in [1.807, 2.05) is 0 Å². The first-order chi connectivity index (χ1) is 11.2. The highest BCUT2D eigenvalue weighted by Gasteiger charge is 2.43. The van der Waals surface area contributed by atoms with E-state index in [9.17, 15) is 17.6 Å². The lowest BCUT2D eigenvalue weighted by molar-refractivity contribution is -0.131. The van der Waals surface area contributed by atoms with Crippen molar-refractivity contribution in [1.82, 2.24) is 10.6 Å². The number of amides is 1. The van der Waals surface area contributed by atoms with Gasteiger partial charge >= 0.3 is 0 Å². The van der Waals surface area contributed by atoms with Crippen molar-refractivity contribution in [3.05, 3.63) is 41.9 Å². The van der Waals surface area contributed by atoms with Crippen molar-refractivity contribution in [3.63, 3.8) is 0 Å². The number of rotatable bonds is 6. The SMILES string of the molecule is CC(CCc1cc(-c2cccc(F)c2)no1)(C(=O)NO)S(C)(=O)=O. The van der Waals surface area contributed by atoms with Gasteiger partial charge < -0.3 is 4.52 Å². The van der Waals surface area contributed by atoms with Crippen molar-refractivity contribution >= 4 is 15.7 Å². The van der Waals surface area contributed by atoms with Crippen LogP contribution in [0.1, 0.15) is 19.1 Å². The maximum atomic E-state index is 13.2. The van der Waals surface area contributed by atoms with E-state index in [4.69, 9.17) is 9.73 Å². The number of aryl methyl sites for hydroxylation is 1. The molecule has 0 bridgehead atoms. The van der Waals surface area contributed by atoms with E-state index in [0.717, 1.165) is 6.26 Å². The van der Waals surface area contributed by atoms with Gasteiger partial charge in [0.2, 0.25) is 0 Å². The van der Waals surface area contributed by atoms with Gasteiger partial charge in [0, 0.05) is 24.3 Å². The standard InChI is InChI=1S/C15H17FN2O5S/c1-15(14(19)17-20,24(2,21)22)7-6-12-9-13(18-23-12)10-4-3-5-11(16)8-10/h3-5,8-9,20H,6-7H2,1-2H3,(H,17,19). The van der Waals surface area contributed by atoms with Gasteiger partial charge in [0.15, 0.2) is 9.84 Å². The van der Waals surface area contributed by atoms with Crippen LogP contribution < -0.4 is 5.48 Å². The van der Waals surface area contributed by atoms with Crippen LogP contribution in [0.4, 0.5) is 4.39 Å². The van der Waals surface area contributed by atoms with E-state index in [-0.39, 0.29) is 12.8 Å². The molecule has 0 aliphatic rings. The van der Waals surface area contributed by atoms with E-state index >= 15 is 0 Å². The van der Waals surface area contributed by atoms with Gasteiger partial charge in [-0.15, -0.1) is 0 Å². The first kappa shape index (κ1) is 18.1. The molecule has 2 aromatic rings. The van der Waals surface area contributed by atoms with Crippen LogP contribution in [0, 0.1) is 5.82 Å². The molecule has 1 unspecified atom stereocenters. The van der Waals surface area contributed by atoms with Crippen LogP contribution in [0.15, 0.2) is 34.9 Å². The summed E-state index contributed by atoms with van der Waals surface area (Å²) in [6, 6.07) is 7.33. The van der Waals surface area contributed by atoms with Crippen molar-refractivity contribution in [2.45, 2.75) is 24.5 Å². The molecule has 24 heavy (non-hydrogen) atoms. The smallest absolute Gasteiger partial charge is 0.264 e. The van der Waals surface area contributed by atoms with Gasteiger partial charge in [-0.25, -0.2) is 18.3 Å². The zero-order valence-corrected chi connectivity index (χ0v) is 13.9. The molecule has 130 valence electrons. The van der Waals surface area contributed by atoms with Crippen molar-refractivity contribution in [3.8, 4) is 11.3 Å². The number of hydrogen-bond acceptors (Lipinski definition) is 6. The third kappa shape index (κ3) is 3.62. The molecule has 0 saturated carbocycles. The summed E-state index contributed by atoms with van der Waals surface area (Å²) in [7, 11) is -3.78. The van der Waals surface area contributed by atoms with Crippen LogP contribution in [0.2, 0.25) is 0 Å². The van der Waals surface area contributed by atoms with Gasteiger partial charge in [-0.3, -0.25) is 10.0 Å². The zero-order chi connectivity index (χ0) is 18.0. The second-order valence-corrected chi connectivity index (χ2v) is 8.08. The van der Waals surface area contributed by atoms with Crippen molar-refractivity contribution in [2.24, 2.45) is 0 Å². The van der Waals surface area contributed by atoms with Gasteiger partial charge in [-0.1, -0.05) is 17.3 Å². The molecule has 0 aliphatic heterocycles. The molecule has 2 rings (SSSR count). The van der Waals surface area contributed by atoms with Crippen LogP contribution in [0.25, 0.3) is 11.3 Å². The number of nitrogens with one attached hydrogen (secondary N) is 1. The lowest BCUT2D eigenvalue weighted by atomic mass is 10.0.